The van der Waals surface area contributed by atoms with Gasteiger partial charge in [0, 0.05) is 30.7 Å². The number of carbonyl (C=O) groups is 1. The number of piperazine rings is 1. The second-order valence-corrected chi connectivity index (χ2v) is 7.18. The highest BCUT2D eigenvalue weighted by atomic mass is 35.5. The zero-order valence-electron chi connectivity index (χ0n) is 14.2. The molecule has 0 saturated carbocycles. The van der Waals surface area contributed by atoms with Crippen LogP contribution in [0.3, 0.4) is 0 Å². The summed E-state index contributed by atoms with van der Waals surface area (Å²) >= 11 is 6.14. The monoisotopic (exact) mass is 337 g/mol. The van der Waals surface area contributed by atoms with E-state index in [1.807, 2.05) is 33.8 Å². The molecule has 1 atom stereocenters. The first-order chi connectivity index (χ1) is 10.7. The third-order valence-electron chi connectivity index (χ3n) is 3.59. The number of nitrogens with zero attached hydrogens (tertiary/aromatic N) is 3. The van der Waals surface area contributed by atoms with Gasteiger partial charge in [-0.3, -0.25) is 0 Å². The summed E-state index contributed by atoms with van der Waals surface area (Å²) in [6.45, 7) is 13.3. The maximum Gasteiger partial charge on any atom is 0.410 e. The molecule has 1 fully saturated rings. The molecule has 1 unspecified atom stereocenters. The Balaban J connectivity index is 2.08. The maximum absolute atomic E-state index is 12.3. The van der Waals surface area contributed by atoms with Crippen LogP contribution in [0.25, 0.3) is 6.08 Å². The number of hydrogen-bond acceptors (Lipinski definition) is 4. The Morgan fingerprint density at radius 3 is 2.70 bits per heavy atom. The van der Waals surface area contributed by atoms with Crippen molar-refractivity contribution in [3.8, 4) is 0 Å². The largest absolute Gasteiger partial charge is 0.444 e. The number of pyridine rings is 1. The van der Waals surface area contributed by atoms with Crippen LogP contribution in [0.5, 0.6) is 0 Å². The zero-order valence-corrected chi connectivity index (χ0v) is 14.9. The van der Waals surface area contributed by atoms with E-state index in [9.17, 15) is 4.79 Å². The van der Waals surface area contributed by atoms with Crippen molar-refractivity contribution in [3.63, 3.8) is 0 Å². The Hall–Kier alpha value is -1.75. The van der Waals surface area contributed by atoms with E-state index < -0.39 is 5.60 Å². The lowest BCUT2D eigenvalue weighted by molar-refractivity contribution is 0.0158. The summed E-state index contributed by atoms with van der Waals surface area (Å²) < 4.78 is 5.46. The van der Waals surface area contributed by atoms with E-state index in [1.165, 1.54) is 0 Å². The van der Waals surface area contributed by atoms with Gasteiger partial charge in [0.2, 0.25) is 0 Å². The van der Waals surface area contributed by atoms with E-state index in [2.05, 4.69) is 16.5 Å². The van der Waals surface area contributed by atoms with Crippen molar-refractivity contribution in [2.75, 3.05) is 24.5 Å². The van der Waals surface area contributed by atoms with Gasteiger partial charge in [-0.1, -0.05) is 18.2 Å². The second-order valence-electron chi connectivity index (χ2n) is 6.74. The van der Waals surface area contributed by atoms with Crippen LogP contribution in [0, 0.1) is 0 Å². The van der Waals surface area contributed by atoms with Crippen LogP contribution >= 0.6 is 11.6 Å². The van der Waals surface area contributed by atoms with Gasteiger partial charge >= 0.3 is 6.09 Å². The average Bonchev–Trinajstić information content (AvgIpc) is 2.44. The molecule has 0 aromatic carbocycles. The van der Waals surface area contributed by atoms with Gasteiger partial charge in [0.1, 0.15) is 11.4 Å². The summed E-state index contributed by atoms with van der Waals surface area (Å²) in [6, 6.07) is 3.65. The summed E-state index contributed by atoms with van der Waals surface area (Å²) in [7, 11) is 0. The van der Waals surface area contributed by atoms with E-state index >= 15 is 0 Å². The van der Waals surface area contributed by atoms with Crippen LogP contribution in [-0.4, -0.2) is 47.3 Å². The molecule has 126 valence electrons. The van der Waals surface area contributed by atoms with Gasteiger partial charge < -0.3 is 14.5 Å². The molecule has 2 rings (SSSR count). The molecule has 0 aliphatic carbocycles. The molecule has 1 amide bonds. The first-order valence-electron chi connectivity index (χ1n) is 7.74. The van der Waals surface area contributed by atoms with Crippen molar-refractivity contribution in [2.24, 2.45) is 0 Å². The highest BCUT2D eigenvalue weighted by molar-refractivity contribution is 6.30. The van der Waals surface area contributed by atoms with E-state index in [0.717, 1.165) is 11.5 Å². The first-order valence-corrected chi connectivity index (χ1v) is 8.12. The molecule has 2 heterocycles. The van der Waals surface area contributed by atoms with E-state index in [0.29, 0.717) is 24.7 Å². The molecule has 1 aromatic rings. The lowest BCUT2D eigenvalue weighted by Crippen LogP contribution is -2.55. The Kier molecular flexibility index (Phi) is 5.19. The molecular weight excluding hydrogens is 314 g/mol. The quantitative estimate of drug-likeness (QED) is 0.823. The van der Waals surface area contributed by atoms with E-state index in [4.69, 9.17) is 16.3 Å². The molecule has 5 nitrogen and oxygen atoms in total. The lowest BCUT2D eigenvalue weighted by atomic mass is 10.2. The zero-order chi connectivity index (χ0) is 17.2. The van der Waals surface area contributed by atoms with Crippen molar-refractivity contribution in [1.29, 1.82) is 0 Å². The molecule has 23 heavy (non-hydrogen) atoms. The number of amides is 1. The Morgan fingerprint density at radius 2 is 2.13 bits per heavy atom. The molecular formula is C17H24ClN3O2. The molecule has 1 aromatic heterocycles. The van der Waals surface area contributed by atoms with Crippen molar-refractivity contribution in [2.45, 2.75) is 39.3 Å². The summed E-state index contributed by atoms with van der Waals surface area (Å²) in [5.74, 6) is 0.808. The highest BCUT2D eigenvalue weighted by Crippen LogP contribution is 2.23. The number of hydrogen-bond donors (Lipinski definition) is 0. The van der Waals surface area contributed by atoms with Crippen LogP contribution in [0.4, 0.5) is 10.6 Å². The van der Waals surface area contributed by atoms with Gasteiger partial charge in [-0.2, -0.15) is 0 Å². The van der Waals surface area contributed by atoms with Crippen LogP contribution in [0.1, 0.15) is 33.4 Å². The van der Waals surface area contributed by atoms with Gasteiger partial charge in [0.15, 0.2) is 0 Å². The summed E-state index contributed by atoms with van der Waals surface area (Å²) in [6.07, 6.45) is 1.41. The lowest BCUT2D eigenvalue weighted by Gasteiger charge is -2.40. The molecule has 1 aliphatic rings. The fraction of sp³-hybridized carbons (Fsp3) is 0.529. The number of ether oxygens (including phenoxy) is 1. The summed E-state index contributed by atoms with van der Waals surface area (Å²) in [4.78, 5) is 20.7. The average molecular weight is 338 g/mol. The van der Waals surface area contributed by atoms with Gasteiger partial charge in [-0.05, 0) is 45.9 Å². The fourth-order valence-corrected chi connectivity index (χ4v) is 2.74. The van der Waals surface area contributed by atoms with Crippen molar-refractivity contribution in [1.82, 2.24) is 9.88 Å². The number of carbonyl (C=O) groups excluding carboxylic acids is 1. The molecule has 1 saturated heterocycles. The van der Waals surface area contributed by atoms with Gasteiger partial charge in [0.05, 0.1) is 5.69 Å². The van der Waals surface area contributed by atoms with Gasteiger partial charge in [-0.25, -0.2) is 9.78 Å². The standard InChI is InChI=1S/C17H24ClN3O2/c1-6-14-9-13(18)10-15(19-14)20-7-8-21(12(2)11-20)16(22)23-17(3,4)5/h6,9-10,12H,1,7-8,11H2,2-5H3. The molecule has 0 N–H and O–H groups in total. The van der Waals surface area contributed by atoms with Gasteiger partial charge in [-0.15, -0.1) is 0 Å². The predicted octanol–water partition coefficient (Wildman–Crippen LogP) is 3.82. The van der Waals surface area contributed by atoms with Crippen molar-refractivity contribution < 1.29 is 9.53 Å². The number of aromatic nitrogens is 1. The topological polar surface area (TPSA) is 45.7 Å². The summed E-state index contributed by atoms with van der Waals surface area (Å²) in [5, 5.41) is 0.632. The van der Waals surface area contributed by atoms with Crippen LogP contribution < -0.4 is 4.90 Å². The minimum absolute atomic E-state index is 0.0339. The highest BCUT2D eigenvalue weighted by Gasteiger charge is 2.31. The Bertz CT molecular complexity index is 598. The Morgan fingerprint density at radius 1 is 1.43 bits per heavy atom. The smallest absolute Gasteiger partial charge is 0.410 e. The summed E-state index contributed by atoms with van der Waals surface area (Å²) in [5.41, 5.74) is 0.260. The van der Waals surface area contributed by atoms with Gasteiger partial charge in [0.25, 0.3) is 0 Å². The van der Waals surface area contributed by atoms with E-state index in [1.54, 1.807) is 17.0 Å². The van der Waals surface area contributed by atoms with Crippen molar-refractivity contribution in [3.05, 3.63) is 29.4 Å². The number of halogens is 1. The first kappa shape index (κ1) is 17.6. The van der Waals surface area contributed by atoms with Crippen LogP contribution in [0.2, 0.25) is 5.02 Å². The fourth-order valence-electron chi connectivity index (χ4n) is 2.53. The van der Waals surface area contributed by atoms with Crippen LogP contribution in [0.15, 0.2) is 18.7 Å². The maximum atomic E-state index is 12.3. The normalized spacial score (nSPS) is 18.7. The number of anilines is 1. The van der Waals surface area contributed by atoms with Crippen LogP contribution in [-0.2, 0) is 4.74 Å². The molecule has 1 aliphatic heterocycles. The van der Waals surface area contributed by atoms with E-state index in [-0.39, 0.29) is 12.1 Å². The molecule has 0 spiro atoms. The third kappa shape index (κ3) is 4.61. The molecule has 0 bridgehead atoms. The van der Waals surface area contributed by atoms with Crippen molar-refractivity contribution >= 4 is 29.6 Å². The molecule has 0 radical (unpaired) electrons. The molecule has 6 heteroatoms. The predicted molar refractivity (Wildman–Crippen MR) is 94.0 cm³/mol. The third-order valence-corrected chi connectivity index (χ3v) is 3.80. The minimum Gasteiger partial charge on any atom is -0.444 e. The SMILES string of the molecule is C=Cc1cc(Cl)cc(N2CCN(C(=O)OC(C)(C)C)C(C)C2)n1. The minimum atomic E-state index is -0.485. The number of rotatable bonds is 2. The Labute approximate surface area is 142 Å². The second kappa shape index (κ2) is 6.79.